The number of fused-ring (bicyclic) bond motifs is 1. The summed E-state index contributed by atoms with van der Waals surface area (Å²) in [5.74, 6) is -0.0117. The van der Waals surface area contributed by atoms with Crippen LogP contribution in [0.1, 0.15) is 17.4 Å². The Morgan fingerprint density at radius 3 is 2.96 bits per heavy atom. The van der Waals surface area contributed by atoms with E-state index in [1.165, 1.54) is 11.3 Å². The molecule has 0 aliphatic carbocycles. The molecule has 116 valence electrons. The average molecular weight is 359 g/mol. The van der Waals surface area contributed by atoms with Crippen molar-refractivity contribution in [3.05, 3.63) is 52.2 Å². The van der Waals surface area contributed by atoms with Gasteiger partial charge in [-0.3, -0.25) is 4.79 Å². The molecule has 1 aliphatic rings. The van der Waals surface area contributed by atoms with E-state index in [2.05, 4.69) is 23.4 Å². The van der Waals surface area contributed by atoms with E-state index in [1.54, 1.807) is 11.3 Å². The number of thiazole rings is 1. The van der Waals surface area contributed by atoms with Crippen LogP contribution in [-0.2, 0) is 0 Å². The van der Waals surface area contributed by atoms with E-state index in [1.807, 2.05) is 51.7 Å². The van der Waals surface area contributed by atoms with E-state index >= 15 is 0 Å². The number of thioether (sulfide) groups is 1. The van der Waals surface area contributed by atoms with Crippen molar-refractivity contribution in [3.63, 3.8) is 0 Å². The number of carbonyl (C=O) groups is 1. The van der Waals surface area contributed by atoms with Gasteiger partial charge in [0.2, 0.25) is 0 Å². The van der Waals surface area contributed by atoms with E-state index in [0.717, 1.165) is 21.2 Å². The molecule has 0 fully saturated rings. The molecule has 0 saturated heterocycles. The standard InChI is InChI=1S/C17H14N2OS3/c1-11-8-19(14-4-2-3-5-15(14)23-11)17(20)13-10-22-16(18-13)12-6-7-21-9-12/h2-7,9-11H,8H2,1H3/t11-/m0/s1. The van der Waals surface area contributed by atoms with Gasteiger partial charge in [-0.1, -0.05) is 19.1 Å². The zero-order valence-electron chi connectivity index (χ0n) is 12.4. The third-order valence-corrected chi connectivity index (χ3v) is 6.39. The van der Waals surface area contributed by atoms with Gasteiger partial charge in [0.15, 0.2) is 0 Å². The molecule has 3 nitrogen and oxygen atoms in total. The van der Waals surface area contributed by atoms with Gasteiger partial charge in [-0.05, 0) is 23.6 Å². The molecule has 2 aromatic heterocycles. The minimum atomic E-state index is -0.0117. The van der Waals surface area contributed by atoms with Gasteiger partial charge >= 0.3 is 0 Å². The van der Waals surface area contributed by atoms with Crippen LogP contribution in [0.25, 0.3) is 10.6 Å². The minimum absolute atomic E-state index is 0.0117. The Kier molecular flexibility index (Phi) is 3.97. The lowest BCUT2D eigenvalue weighted by Gasteiger charge is -2.32. The summed E-state index contributed by atoms with van der Waals surface area (Å²) in [5, 5.41) is 7.23. The normalized spacial score (nSPS) is 17.1. The van der Waals surface area contributed by atoms with Crippen LogP contribution in [0.15, 0.2) is 51.4 Å². The summed E-state index contributed by atoms with van der Waals surface area (Å²) in [5.41, 5.74) is 2.61. The summed E-state index contributed by atoms with van der Waals surface area (Å²) < 4.78 is 0. The molecule has 4 rings (SSSR count). The molecule has 3 heterocycles. The zero-order chi connectivity index (χ0) is 15.8. The molecule has 0 spiro atoms. The number of aromatic nitrogens is 1. The van der Waals surface area contributed by atoms with E-state index in [0.29, 0.717) is 17.5 Å². The SMILES string of the molecule is C[C@H]1CN(C(=O)c2csc(-c3ccsc3)n2)c2ccccc2S1. The molecule has 6 heteroatoms. The van der Waals surface area contributed by atoms with Crippen molar-refractivity contribution in [1.29, 1.82) is 0 Å². The van der Waals surface area contributed by atoms with Gasteiger partial charge in [0.1, 0.15) is 10.7 Å². The summed E-state index contributed by atoms with van der Waals surface area (Å²) in [7, 11) is 0. The number of hydrogen-bond donors (Lipinski definition) is 0. The Morgan fingerprint density at radius 1 is 1.26 bits per heavy atom. The first-order valence-electron chi connectivity index (χ1n) is 7.28. The van der Waals surface area contributed by atoms with Crippen molar-refractivity contribution in [2.45, 2.75) is 17.1 Å². The number of nitrogens with zero attached hydrogens (tertiary/aromatic N) is 2. The van der Waals surface area contributed by atoms with E-state index in [-0.39, 0.29) is 5.91 Å². The van der Waals surface area contributed by atoms with Gasteiger partial charge in [0.05, 0.1) is 5.69 Å². The number of benzene rings is 1. The van der Waals surface area contributed by atoms with Gasteiger partial charge in [-0.15, -0.1) is 23.1 Å². The number of para-hydroxylation sites is 1. The fourth-order valence-electron chi connectivity index (χ4n) is 2.61. The quantitative estimate of drug-likeness (QED) is 0.645. The van der Waals surface area contributed by atoms with Gasteiger partial charge in [0, 0.05) is 33.0 Å². The average Bonchev–Trinajstić information content (AvgIpc) is 3.24. The third-order valence-electron chi connectivity index (χ3n) is 3.66. The van der Waals surface area contributed by atoms with Crippen LogP contribution in [0.3, 0.4) is 0 Å². The second kappa shape index (κ2) is 6.11. The molecule has 0 radical (unpaired) electrons. The van der Waals surface area contributed by atoms with Crippen LogP contribution in [0.5, 0.6) is 0 Å². The number of thiophene rings is 1. The van der Waals surface area contributed by atoms with Gasteiger partial charge in [0.25, 0.3) is 5.91 Å². The second-order valence-corrected chi connectivity index (χ2v) is 8.48. The Labute approximate surface area is 147 Å². The number of anilines is 1. The molecule has 0 N–H and O–H groups in total. The topological polar surface area (TPSA) is 33.2 Å². The highest BCUT2D eigenvalue weighted by atomic mass is 32.2. The Balaban J connectivity index is 1.67. The Morgan fingerprint density at radius 2 is 2.13 bits per heavy atom. The highest BCUT2D eigenvalue weighted by Crippen LogP contribution is 2.39. The molecular formula is C17H14N2OS3. The van der Waals surface area contributed by atoms with Crippen LogP contribution in [-0.4, -0.2) is 22.7 Å². The van der Waals surface area contributed by atoms with Crippen LogP contribution in [0, 0.1) is 0 Å². The van der Waals surface area contributed by atoms with Crippen molar-refractivity contribution in [2.75, 3.05) is 11.4 Å². The highest BCUT2D eigenvalue weighted by molar-refractivity contribution is 8.00. The smallest absolute Gasteiger partial charge is 0.277 e. The number of rotatable bonds is 2. The molecule has 1 aromatic carbocycles. The number of amides is 1. The molecule has 3 aromatic rings. The molecular weight excluding hydrogens is 344 g/mol. The van der Waals surface area contributed by atoms with E-state index in [9.17, 15) is 4.79 Å². The van der Waals surface area contributed by atoms with Gasteiger partial charge < -0.3 is 4.90 Å². The first-order valence-corrected chi connectivity index (χ1v) is 9.98. The highest BCUT2D eigenvalue weighted by Gasteiger charge is 2.28. The largest absolute Gasteiger partial charge is 0.305 e. The van der Waals surface area contributed by atoms with Gasteiger partial charge in [-0.2, -0.15) is 11.3 Å². The van der Waals surface area contributed by atoms with Crippen molar-refractivity contribution in [1.82, 2.24) is 4.98 Å². The van der Waals surface area contributed by atoms with Crippen LogP contribution in [0.4, 0.5) is 5.69 Å². The van der Waals surface area contributed by atoms with Crippen LogP contribution in [0.2, 0.25) is 0 Å². The van der Waals surface area contributed by atoms with Crippen molar-refractivity contribution < 1.29 is 4.79 Å². The van der Waals surface area contributed by atoms with Crippen LogP contribution >= 0.6 is 34.4 Å². The maximum atomic E-state index is 13.0. The summed E-state index contributed by atoms with van der Waals surface area (Å²) >= 11 is 4.99. The lowest BCUT2D eigenvalue weighted by atomic mass is 10.2. The molecule has 1 amide bonds. The Bertz CT molecular complexity index is 841. The first kappa shape index (κ1) is 14.9. The fraction of sp³-hybridized carbons (Fsp3) is 0.176. The van der Waals surface area contributed by atoms with Crippen molar-refractivity contribution in [3.8, 4) is 10.6 Å². The molecule has 23 heavy (non-hydrogen) atoms. The van der Waals surface area contributed by atoms with Crippen LogP contribution < -0.4 is 4.90 Å². The van der Waals surface area contributed by atoms with Gasteiger partial charge in [-0.25, -0.2) is 4.98 Å². The maximum Gasteiger partial charge on any atom is 0.277 e. The predicted molar refractivity (Wildman–Crippen MR) is 98.9 cm³/mol. The Hall–Kier alpha value is -1.63. The summed E-state index contributed by atoms with van der Waals surface area (Å²) in [6, 6.07) is 10.1. The van der Waals surface area contributed by atoms with E-state index in [4.69, 9.17) is 0 Å². The zero-order valence-corrected chi connectivity index (χ0v) is 14.9. The summed E-state index contributed by atoms with van der Waals surface area (Å²) in [6.07, 6.45) is 0. The summed E-state index contributed by atoms with van der Waals surface area (Å²) in [4.78, 5) is 20.5. The lowest BCUT2D eigenvalue weighted by Crippen LogP contribution is -2.38. The monoisotopic (exact) mass is 358 g/mol. The van der Waals surface area contributed by atoms with E-state index < -0.39 is 0 Å². The minimum Gasteiger partial charge on any atom is -0.305 e. The van der Waals surface area contributed by atoms with Crippen molar-refractivity contribution in [2.24, 2.45) is 0 Å². The predicted octanol–water partition coefficient (Wildman–Crippen LogP) is 5.01. The third kappa shape index (κ3) is 2.82. The molecule has 0 unspecified atom stereocenters. The van der Waals surface area contributed by atoms with Crippen molar-refractivity contribution >= 4 is 46.0 Å². The maximum absolute atomic E-state index is 13.0. The molecule has 1 atom stereocenters. The molecule has 0 bridgehead atoms. The first-order chi connectivity index (χ1) is 11.2. The molecule has 1 aliphatic heterocycles. The fourth-order valence-corrected chi connectivity index (χ4v) is 5.23. The number of hydrogen-bond acceptors (Lipinski definition) is 5. The summed E-state index contributed by atoms with van der Waals surface area (Å²) in [6.45, 7) is 2.87. The number of carbonyl (C=O) groups excluding carboxylic acids is 1. The molecule has 0 saturated carbocycles. The second-order valence-electron chi connectivity index (χ2n) is 5.36. The lowest BCUT2D eigenvalue weighted by molar-refractivity contribution is 0.0982.